The maximum atomic E-state index is 8.44. The van der Waals surface area contributed by atoms with E-state index in [0.717, 1.165) is 5.69 Å². The molecule has 0 fully saturated rings. The Morgan fingerprint density at radius 2 is 2.32 bits per heavy atom. The molecule has 8 heteroatoms. The zero-order valence-corrected chi connectivity index (χ0v) is 11.6. The predicted molar refractivity (Wildman–Crippen MR) is 73.6 cm³/mol. The van der Waals surface area contributed by atoms with Crippen molar-refractivity contribution < 1.29 is 0 Å². The Bertz CT molecular complexity index is 480. The van der Waals surface area contributed by atoms with Crippen molar-refractivity contribution in [3.63, 3.8) is 0 Å². The van der Waals surface area contributed by atoms with Crippen LogP contribution in [-0.2, 0) is 6.54 Å². The summed E-state index contributed by atoms with van der Waals surface area (Å²) in [5.41, 5.74) is 1.51. The number of halogens is 1. The monoisotopic (exact) mass is 281 g/mol. The van der Waals surface area contributed by atoms with Gasteiger partial charge in [0, 0.05) is 32.9 Å². The van der Waals surface area contributed by atoms with Crippen LogP contribution in [0.3, 0.4) is 0 Å². The summed E-state index contributed by atoms with van der Waals surface area (Å²) in [4.78, 5) is 12.2. The Morgan fingerprint density at radius 1 is 1.53 bits per heavy atom. The van der Waals surface area contributed by atoms with Crippen molar-refractivity contribution in [1.82, 2.24) is 25.9 Å². The van der Waals surface area contributed by atoms with Crippen LogP contribution in [0.5, 0.6) is 0 Å². The van der Waals surface area contributed by atoms with Gasteiger partial charge < -0.3 is 10.6 Å². The van der Waals surface area contributed by atoms with Gasteiger partial charge in [-0.05, 0) is 6.92 Å². The molecule has 7 nitrogen and oxygen atoms in total. The molecule has 0 unspecified atom stereocenters. The summed E-state index contributed by atoms with van der Waals surface area (Å²) in [6, 6.07) is 0. The molecule has 0 saturated carbocycles. The summed E-state index contributed by atoms with van der Waals surface area (Å²) >= 11 is 5.96. The number of aryl methyl sites for hydroxylation is 1. The topological polar surface area (TPSA) is 98.0 Å². The standard InChI is InChI=1S/C11H16ClN7/c1-8-5-17-9(10(12)19-8)6-15-3-4-16-11(14-2)18-7-13/h5,15H,3-4,6H2,1-2H3,(H2,14,16,18). The molecule has 0 saturated heterocycles. The van der Waals surface area contributed by atoms with Crippen molar-refractivity contribution in [2.45, 2.75) is 13.5 Å². The second-order valence-corrected chi connectivity index (χ2v) is 4.02. The average molecular weight is 282 g/mol. The van der Waals surface area contributed by atoms with Crippen molar-refractivity contribution in [2.24, 2.45) is 4.99 Å². The van der Waals surface area contributed by atoms with Crippen molar-refractivity contribution in [3.05, 3.63) is 22.7 Å². The number of rotatable bonds is 5. The highest BCUT2D eigenvalue weighted by molar-refractivity contribution is 6.30. The van der Waals surface area contributed by atoms with Gasteiger partial charge in [-0.2, -0.15) is 5.26 Å². The number of nitriles is 1. The van der Waals surface area contributed by atoms with Gasteiger partial charge in [-0.3, -0.25) is 15.3 Å². The van der Waals surface area contributed by atoms with E-state index in [4.69, 9.17) is 16.9 Å². The molecular weight excluding hydrogens is 266 g/mol. The van der Waals surface area contributed by atoms with Crippen LogP contribution >= 0.6 is 11.6 Å². The summed E-state index contributed by atoms with van der Waals surface area (Å²) in [5, 5.41) is 17.4. The average Bonchev–Trinajstić information content (AvgIpc) is 2.39. The second-order valence-electron chi connectivity index (χ2n) is 3.66. The number of aromatic nitrogens is 2. The van der Waals surface area contributed by atoms with Crippen LogP contribution in [0.15, 0.2) is 11.2 Å². The zero-order chi connectivity index (χ0) is 14.1. The van der Waals surface area contributed by atoms with Crippen LogP contribution in [0.2, 0.25) is 5.15 Å². The molecule has 0 bridgehead atoms. The molecule has 1 aromatic rings. The van der Waals surface area contributed by atoms with Crippen LogP contribution in [0.4, 0.5) is 0 Å². The van der Waals surface area contributed by atoms with E-state index in [9.17, 15) is 0 Å². The molecule has 0 aromatic carbocycles. The lowest BCUT2D eigenvalue weighted by Crippen LogP contribution is -2.38. The lowest BCUT2D eigenvalue weighted by atomic mass is 10.4. The number of hydrogen-bond acceptors (Lipinski definition) is 5. The minimum Gasteiger partial charge on any atom is -0.354 e. The maximum Gasteiger partial charge on any atom is 0.204 e. The predicted octanol–water partition coefficient (Wildman–Crippen LogP) is 0.174. The van der Waals surface area contributed by atoms with Crippen LogP contribution < -0.4 is 16.0 Å². The van der Waals surface area contributed by atoms with Gasteiger partial charge in [-0.1, -0.05) is 11.6 Å². The van der Waals surface area contributed by atoms with E-state index < -0.39 is 0 Å². The molecule has 19 heavy (non-hydrogen) atoms. The molecule has 0 aliphatic rings. The molecule has 3 N–H and O–H groups in total. The summed E-state index contributed by atoms with van der Waals surface area (Å²) in [7, 11) is 1.60. The molecule has 0 atom stereocenters. The van der Waals surface area contributed by atoms with Gasteiger partial charge in [0.15, 0.2) is 11.3 Å². The lowest BCUT2D eigenvalue weighted by Gasteiger charge is -2.08. The van der Waals surface area contributed by atoms with Gasteiger partial charge in [-0.25, -0.2) is 4.98 Å². The smallest absolute Gasteiger partial charge is 0.204 e. The summed E-state index contributed by atoms with van der Waals surface area (Å²) in [6.07, 6.45) is 3.48. The third-order valence-corrected chi connectivity index (χ3v) is 2.51. The fourth-order valence-electron chi connectivity index (χ4n) is 1.30. The molecule has 0 aliphatic heterocycles. The van der Waals surface area contributed by atoms with Crippen molar-refractivity contribution in [3.8, 4) is 6.19 Å². The van der Waals surface area contributed by atoms with Crippen LogP contribution in [0, 0.1) is 18.4 Å². The molecule has 1 heterocycles. The van der Waals surface area contributed by atoms with E-state index >= 15 is 0 Å². The highest BCUT2D eigenvalue weighted by Gasteiger charge is 2.03. The van der Waals surface area contributed by atoms with Gasteiger partial charge in [0.05, 0.1) is 11.4 Å². The first-order chi connectivity index (χ1) is 9.17. The van der Waals surface area contributed by atoms with Crippen molar-refractivity contribution in [2.75, 3.05) is 20.1 Å². The Labute approximate surface area is 117 Å². The van der Waals surface area contributed by atoms with E-state index in [0.29, 0.717) is 36.4 Å². The molecule has 1 rings (SSSR count). The molecule has 0 spiro atoms. The molecular formula is C11H16ClN7. The van der Waals surface area contributed by atoms with Gasteiger partial charge in [0.1, 0.15) is 0 Å². The van der Waals surface area contributed by atoms with E-state index in [1.807, 2.05) is 6.92 Å². The highest BCUT2D eigenvalue weighted by atomic mass is 35.5. The Morgan fingerprint density at radius 3 is 2.95 bits per heavy atom. The highest BCUT2D eigenvalue weighted by Crippen LogP contribution is 2.09. The Hall–Kier alpha value is -1.91. The van der Waals surface area contributed by atoms with Gasteiger partial charge in [0.2, 0.25) is 5.96 Å². The Kier molecular flexibility index (Phi) is 6.57. The van der Waals surface area contributed by atoms with E-state index in [-0.39, 0.29) is 0 Å². The first-order valence-electron chi connectivity index (χ1n) is 5.72. The van der Waals surface area contributed by atoms with Gasteiger partial charge in [-0.15, -0.1) is 0 Å². The third kappa shape index (κ3) is 5.50. The van der Waals surface area contributed by atoms with E-state index in [1.54, 1.807) is 19.4 Å². The number of nitrogens with one attached hydrogen (secondary N) is 3. The first kappa shape index (κ1) is 15.1. The molecule has 0 aliphatic carbocycles. The minimum atomic E-state index is 0.419. The SMILES string of the molecule is C/N=C(\NC#N)NCCNCc1ncc(C)nc1Cl. The summed E-state index contributed by atoms with van der Waals surface area (Å²) in [5.74, 6) is 0.442. The minimum absolute atomic E-state index is 0.419. The summed E-state index contributed by atoms with van der Waals surface area (Å²) < 4.78 is 0. The van der Waals surface area contributed by atoms with Gasteiger partial charge in [0.25, 0.3) is 0 Å². The molecule has 0 amide bonds. The largest absolute Gasteiger partial charge is 0.354 e. The van der Waals surface area contributed by atoms with Crippen LogP contribution in [0.1, 0.15) is 11.4 Å². The maximum absolute atomic E-state index is 8.44. The lowest BCUT2D eigenvalue weighted by molar-refractivity contribution is 0.656. The summed E-state index contributed by atoms with van der Waals surface area (Å²) in [6.45, 7) is 3.68. The van der Waals surface area contributed by atoms with Crippen LogP contribution in [0.25, 0.3) is 0 Å². The van der Waals surface area contributed by atoms with Crippen molar-refractivity contribution >= 4 is 17.6 Å². The fraction of sp³-hybridized carbons (Fsp3) is 0.455. The molecule has 102 valence electrons. The second kappa shape index (κ2) is 8.24. The third-order valence-electron chi connectivity index (χ3n) is 2.20. The zero-order valence-electron chi connectivity index (χ0n) is 10.9. The molecule has 1 aromatic heterocycles. The van der Waals surface area contributed by atoms with E-state index in [2.05, 4.69) is 30.9 Å². The number of aliphatic imine (C=N–C) groups is 1. The van der Waals surface area contributed by atoms with Gasteiger partial charge >= 0.3 is 0 Å². The van der Waals surface area contributed by atoms with Crippen LogP contribution in [-0.4, -0.2) is 36.1 Å². The molecule has 0 radical (unpaired) electrons. The fourth-order valence-corrected chi connectivity index (χ4v) is 1.55. The number of guanidine groups is 1. The Balaban J connectivity index is 2.26. The quantitative estimate of drug-likeness (QED) is 0.234. The normalized spacial score (nSPS) is 10.9. The first-order valence-corrected chi connectivity index (χ1v) is 6.09. The van der Waals surface area contributed by atoms with E-state index in [1.165, 1.54) is 0 Å². The number of nitrogens with zero attached hydrogens (tertiary/aromatic N) is 4. The number of hydrogen-bond donors (Lipinski definition) is 3. The van der Waals surface area contributed by atoms with Crippen molar-refractivity contribution in [1.29, 1.82) is 5.26 Å².